The number of ether oxygens (including phenoxy) is 3. The van der Waals surface area contributed by atoms with Gasteiger partial charge in [0.2, 0.25) is 0 Å². The number of fused-ring (bicyclic) bond motifs is 1. The normalized spacial score (nSPS) is 22.1. The van der Waals surface area contributed by atoms with E-state index >= 15 is 0 Å². The largest absolute Gasteiger partial charge is 0.493 e. The van der Waals surface area contributed by atoms with E-state index in [1.807, 2.05) is 18.2 Å². The molecule has 0 unspecified atom stereocenters. The molecule has 1 N–H and O–H groups in total. The highest BCUT2D eigenvalue weighted by Crippen LogP contribution is 2.37. The van der Waals surface area contributed by atoms with Crippen LogP contribution in [-0.2, 0) is 4.74 Å². The van der Waals surface area contributed by atoms with E-state index in [1.54, 1.807) is 27.4 Å². The summed E-state index contributed by atoms with van der Waals surface area (Å²) in [4.78, 5) is 0. The summed E-state index contributed by atoms with van der Waals surface area (Å²) in [6.45, 7) is 0. The summed E-state index contributed by atoms with van der Waals surface area (Å²) in [5.74, 6) is 1.26. The van der Waals surface area contributed by atoms with Gasteiger partial charge < -0.3 is 19.3 Å². The van der Waals surface area contributed by atoms with Crippen LogP contribution in [0.25, 0.3) is 6.08 Å². The van der Waals surface area contributed by atoms with Crippen LogP contribution in [0.5, 0.6) is 11.5 Å². The maximum atomic E-state index is 10.1. The monoisotopic (exact) mass is 236 g/mol. The molecule has 4 heteroatoms. The van der Waals surface area contributed by atoms with Crippen LogP contribution in [0, 0.1) is 0 Å². The summed E-state index contributed by atoms with van der Waals surface area (Å²) in [7, 11) is 4.73. The fourth-order valence-electron chi connectivity index (χ4n) is 2.00. The van der Waals surface area contributed by atoms with Crippen LogP contribution in [0.3, 0.4) is 0 Å². The molecule has 1 aromatic carbocycles. The first kappa shape index (κ1) is 12.0. The molecule has 0 radical (unpaired) electrons. The van der Waals surface area contributed by atoms with Crippen molar-refractivity contribution in [1.82, 2.24) is 0 Å². The Labute approximate surface area is 100 Å². The first-order chi connectivity index (χ1) is 8.21. The van der Waals surface area contributed by atoms with Crippen LogP contribution in [0.4, 0.5) is 0 Å². The second-order valence-electron chi connectivity index (χ2n) is 3.84. The molecule has 1 aliphatic rings. The second-order valence-corrected chi connectivity index (χ2v) is 3.84. The van der Waals surface area contributed by atoms with Crippen LogP contribution >= 0.6 is 0 Å². The summed E-state index contributed by atoms with van der Waals surface area (Å²) in [6, 6.07) is 3.63. The van der Waals surface area contributed by atoms with Crippen molar-refractivity contribution in [3.63, 3.8) is 0 Å². The molecule has 2 atom stereocenters. The summed E-state index contributed by atoms with van der Waals surface area (Å²) < 4.78 is 15.6. The van der Waals surface area contributed by atoms with Gasteiger partial charge in [-0.1, -0.05) is 12.2 Å². The molecule has 0 fully saturated rings. The number of methoxy groups -OCH3 is 3. The van der Waals surface area contributed by atoms with Gasteiger partial charge in [-0.2, -0.15) is 0 Å². The lowest BCUT2D eigenvalue weighted by molar-refractivity contribution is 0.0149. The minimum Gasteiger partial charge on any atom is -0.493 e. The lowest BCUT2D eigenvalue weighted by atomic mass is 9.92. The Morgan fingerprint density at radius 2 is 1.71 bits per heavy atom. The van der Waals surface area contributed by atoms with Gasteiger partial charge in [-0.25, -0.2) is 0 Å². The maximum Gasteiger partial charge on any atom is 0.161 e. The van der Waals surface area contributed by atoms with Gasteiger partial charge in [0.25, 0.3) is 0 Å². The average molecular weight is 236 g/mol. The molecule has 0 amide bonds. The minimum atomic E-state index is -0.681. The first-order valence-corrected chi connectivity index (χ1v) is 5.36. The fraction of sp³-hybridized carbons (Fsp3) is 0.385. The van der Waals surface area contributed by atoms with E-state index in [2.05, 4.69) is 0 Å². The number of aliphatic hydroxyl groups excluding tert-OH is 1. The molecule has 2 rings (SSSR count). The van der Waals surface area contributed by atoms with E-state index in [9.17, 15) is 5.11 Å². The van der Waals surface area contributed by atoms with E-state index in [1.165, 1.54) is 0 Å². The van der Waals surface area contributed by atoms with Crippen molar-refractivity contribution >= 4 is 6.08 Å². The molecule has 1 aromatic rings. The van der Waals surface area contributed by atoms with Gasteiger partial charge in [-0.05, 0) is 23.3 Å². The summed E-state index contributed by atoms with van der Waals surface area (Å²) in [5.41, 5.74) is 1.71. The van der Waals surface area contributed by atoms with E-state index in [0.29, 0.717) is 11.5 Å². The number of rotatable bonds is 3. The third-order valence-electron chi connectivity index (χ3n) is 2.96. The number of hydrogen-bond acceptors (Lipinski definition) is 4. The lowest BCUT2D eigenvalue weighted by Crippen LogP contribution is -2.21. The van der Waals surface area contributed by atoms with E-state index in [4.69, 9.17) is 14.2 Å². The Bertz CT molecular complexity index is 439. The smallest absolute Gasteiger partial charge is 0.161 e. The Morgan fingerprint density at radius 3 is 2.29 bits per heavy atom. The van der Waals surface area contributed by atoms with Crippen molar-refractivity contribution in [2.75, 3.05) is 21.3 Å². The zero-order chi connectivity index (χ0) is 12.4. The topological polar surface area (TPSA) is 47.9 Å². The minimum absolute atomic E-state index is 0.319. The Balaban J connectivity index is 2.49. The molecule has 17 heavy (non-hydrogen) atoms. The molecule has 0 aliphatic heterocycles. The van der Waals surface area contributed by atoms with Crippen LogP contribution in [0.2, 0.25) is 0 Å². The van der Waals surface area contributed by atoms with Gasteiger partial charge in [0.05, 0.1) is 14.2 Å². The Hall–Kier alpha value is -1.52. The summed E-state index contributed by atoms with van der Waals surface area (Å²) in [6.07, 6.45) is 2.75. The zero-order valence-electron chi connectivity index (χ0n) is 10.1. The number of aliphatic hydroxyl groups is 1. The molecular weight excluding hydrogens is 220 g/mol. The highest BCUT2D eigenvalue weighted by atomic mass is 16.5. The summed E-state index contributed by atoms with van der Waals surface area (Å²) >= 11 is 0. The third kappa shape index (κ3) is 2.01. The molecule has 0 saturated carbocycles. The molecule has 92 valence electrons. The quantitative estimate of drug-likeness (QED) is 0.869. The standard InChI is InChI=1S/C13H16O4/c1-15-10-5-4-8-6-11(16-2)12(17-3)7-9(8)13(10)14/h4-7,10,13-14H,1-3H3/t10-,13-/m1/s1. The van der Waals surface area contributed by atoms with Crippen LogP contribution in [0.1, 0.15) is 17.2 Å². The number of benzene rings is 1. The van der Waals surface area contributed by atoms with Crippen LogP contribution in [-0.4, -0.2) is 32.5 Å². The highest BCUT2D eigenvalue weighted by Gasteiger charge is 2.25. The van der Waals surface area contributed by atoms with Crippen molar-refractivity contribution in [2.45, 2.75) is 12.2 Å². The van der Waals surface area contributed by atoms with Gasteiger partial charge >= 0.3 is 0 Å². The predicted molar refractivity (Wildman–Crippen MR) is 64.3 cm³/mol. The van der Waals surface area contributed by atoms with Crippen molar-refractivity contribution in [3.05, 3.63) is 29.3 Å². The van der Waals surface area contributed by atoms with Crippen molar-refractivity contribution < 1.29 is 19.3 Å². The fourth-order valence-corrected chi connectivity index (χ4v) is 2.00. The van der Waals surface area contributed by atoms with Gasteiger partial charge in [-0.15, -0.1) is 0 Å². The van der Waals surface area contributed by atoms with Crippen LogP contribution in [0.15, 0.2) is 18.2 Å². The SMILES string of the molecule is COc1cc2c(cc1OC)[C@@H](O)[C@H](OC)C=C2. The van der Waals surface area contributed by atoms with E-state index in [-0.39, 0.29) is 6.10 Å². The zero-order valence-corrected chi connectivity index (χ0v) is 10.1. The van der Waals surface area contributed by atoms with Gasteiger partial charge in [-0.3, -0.25) is 0 Å². The second kappa shape index (κ2) is 4.77. The molecule has 0 spiro atoms. The van der Waals surface area contributed by atoms with E-state index < -0.39 is 6.10 Å². The van der Waals surface area contributed by atoms with Crippen molar-refractivity contribution in [1.29, 1.82) is 0 Å². The molecule has 0 aromatic heterocycles. The van der Waals surface area contributed by atoms with Crippen LogP contribution < -0.4 is 9.47 Å². The Morgan fingerprint density at radius 1 is 1.06 bits per heavy atom. The summed E-state index contributed by atoms with van der Waals surface area (Å²) in [5, 5.41) is 10.1. The van der Waals surface area contributed by atoms with Gasteiger partial charge in [0.15, 0.2) is 11.5 Å². The van der Waals surface area contributed by atoms with Gasteiger partial charge in [0, 0.05) is 7.11 Å². The van der Waals surface area contributed by atoms with Gasteiger partial charge in [0.1, 0.15) is 12.2 Å². The lowest BCUT2D eigenvalue weighted by Gasteiger charge is -2.25. The Kier molecular flexibility index (Phi) is 3.36. The molecule has 0 heterocycles. The van der Waals surface area contributed by atoms with E-state index in [0.717, 1.165) is 11.1 Å². The third-order valence-corrected chi connectivity index (χ3v) is 2.96. The maximum absolute atomic E-state index is 10.1. The number of hydrogen-bond donors (Lipinski definition) is 1. The molecule has 0 saturated heterocycles. The molecule has 4 nitrogen and oxygen atoms in total. The van der Waals surface area contributed by atoms with Crippen molar-refractivity contribution in [2.24, 2.45) is 0 Å². The van der Waals surface area contributed by atoms with Crippen molar-refractivity contribution in [3.8, 4) is 11.5 Å². The molecule has 0 bridgehead atoms. The highest BCUT2D eigenvalue weighted by molar-refractivity contribution is 5.63. The molecule has 1 aliphatic carbocycles. The molecular formula is C13H16O4. The first-order valence-electron chi connectivity index (χ1n) is 5.36. The predicted octanol–water partition coefficient (Wildman–Crippen LogP) is 1.78. The average Bonchev–Trinajstić information content (AvgIpc) is 2.38.